The van der Waals surface area contributed by atoms with Crippen molar-refractivity contribution in [3.05, 3.63) is 63.7 Å². The Kier molecular flexibility index (Phi) is 5.83. The van der Waals surface area contributed by atoms with Crippen LogP contribution in [-0.4, -0.2) is 30.2 Å². The Bertz CT molecular complexity index is 881. The normalized spacial score (nSPS) is 10.3. The molecule has 0 aromatic heterocycles. The number of nitro benzene ring substituents is 1. The molecule has 2 aromatic carbocycles. The molecular formula is C16H14N4O6. The van der Waals surface area contributed by atoms with Crippen molar-refractivity contribution in [3.63, 3.8) is 0 Å². The van der Waals surface area contributed by atoms with Gasteiger partial charge in [-0.2, -0.15) is 5.10 Å². The first-order valence-electron chi connectivity index (χ1n) is 7.14. The standard InChI is InChI=1S/C16H14N4O6/c1-25-14-7-10(9-18-19-16(17)22)5-6-13(14)26-15(21)11-3-2-4-12(8-11)20(23)24/h2-9H,1H3,(H3,17,19,22). The van der Waals surface area contributed by atoms with Gasteiger partial charge in [-0.15, -0.1) is 0 Å². The number of carbonyl (C=O) groups is 2. The molecule has 2 amide bonds. The second kappa shape index (κ2) is 8.24. The largest absolute Gasteiger partial charge is 0.493 e. The number of amides is 2. The molecule has 2 aromatic rings. The maximum atomic E-state index is 12.2. The molecule has 0 saturated carbocycles. The average Bonchev–Trinajstić information content (AvgIpc) is 2.62. The van der Waals surface area contributed by atoms with Gasteiger partial charge in [0.25, 0.3) is 5.69 Å². The molecule has 10 heteroatoms. The lowest BCUT2D eigenvalue weighted by Gasteiger charge is -2.10. The van der Waals surface area contributed by atoms with Crippen molar-refractivity contribution in [2.75, 3.05) is 7.11 Å². The van der Waals surface area contributed by atoms with E-state index in [4.69, 9.17) is 15.2 Å². The van der Waals surface area contributed by atoms with Crippen LogP contribution in [0.1, 0.15) is 15.9 Å². The quantitative estimate of drug-likeness (QED) is 0.265. The number of methoxy groups -OCH3 is 1. The number of nitrogens with two attached hydrogens (primary N) is 1. The first kappa shape index (κ1) is 18.4. The van der Waals surface area contributed by atoms with Crippen LogP contribution in [0.15, 0.2) is 47.6 Å². The smallest absolute Gasteiger partial charge is 0.343 e. The first-order chi connectivity index (χ1) is 12.4. The summed E-state index contributed by atoms with van der Waals surface area (Å²) in [5.41, 5.74) is 7.28. The number of hydrogen-bond acceptors (Lipinski definition) is 7. The Balaban J connectivity index is 2.19. The van der Waals surface area contributed by atoms with E-state index in [0.717, 1.165) is 6.07 Å². The van der Waals surface area contributed by atoms with E-state index in [-0.39, 0.29) is 22.7 Å². The minimum absolute atomic E-state index is 0.0255. The van der Waals surface area contributed by atoms with Crippen LogP contribution in [0.4, 0.5) is 10.5 Å². The van der Waals surface area contributed by atoms with Crippen LogP contribution in [0.3, 0.4) is 0 Å². The van der Waals surface area contributed by atoms with E-state index in [9.17, 15) is 19.7 Å². The summed E-state index contributed by atoms with van der Waals surface area (Å²) in [6.45, 7) is 0. The van der Waals surface area contributed by atoms with Gasteiger partial charge in [0.2, 0.25) is 0 Å². The molecule has 0 radical (unpaired) electrons. The molecular weight excluding hydrogens is 344 g/mol. The fraction of sp³-hybridized carbons (Fsp3) is 0.0625. The van der Waals surface area contributed by atoms with Crippen LogP contribution < -0.4 is 20.6 Å². The van der Waals surface area contributed by atoms with Crippen LogP contribution in [0.2, 0.25) is 0 Å². The number of nitro groups is 1. The van der Waals surface area contributed by atoms with Gasteiger partial charge in [0.05, 0.1) is 23.8 Å². The molecule has 26 heavy (non-hydrogen) atoms. The second-order valence-electron chi connectivity index (χ2n) is 4.84. The molecule has 0 bridgehead atoms. The molecule has 0 fully saturated rings. The summed E-state index contributed by atoms with van der Waals surface area (Å²) in [5, 5.41) is 14.4. The van der Waals surface area contributed by atoms with E-state index in [1.54, 1.807) is 6.07 Å². The summed E-state index contributed by atoms with van der Waals surface area (Å²) in [6, 6.07) is 8.90. The minimum atomic E-state index is -0.810. The Labute approximate surface area is 147 Å². The molecule has 3 N–H and O–H groups in total. The summed E-state index contributed by atoms with van der Waals surface area (Å²) >= 11 is 0. The van der Waals surface area contributed by atoms with Crippen LogP contribution in [0, 0.1) is 10.1 Å². The number of ether oxygens (including phenoxy) is 2. The van der Waals surface area contributed by atoms with Gasteiger partial charge >= 0.3 is 12.0 Å². The fourth-order valence-electron chi connectivity index (χ4n) is 1.92. The highest BCUT2D eigenvalue weighted by molar-refractivity contribution is 5.92. The molecule has 0 aliphatic rings. The molecule has 0 unspecified atom stereocenters. The summed E-state index contributed by atoms with van der Waals surface area (Å²) in [5.74, 6) is -0.431. The van der Waals surface area contributed by atoms with E-state index in [2.05, 4.69) is 5.10 Å². The van der Waals surface area contributed by atoms with Crippen molar-refractivity contribution in [2.24, 2.45) is 10.8 Å². The summed E-state index contributed by atoms with van der Waals surface area (Å²) in [6.07, 6.45) is 1.32. The van der Waals surface area contributed by atoms with Gasteiger partial charge in [-0.05, 0) is 29.8 Å². The molecule has 10 nitrogen and oxygen atoms in total. The van der Waals surface area contributed by atoms with Crippen LogP contribution in [0.5, 0.6) is 11.5 Å². The minimum Gasteiger partial charge on any atom is -0.493 e. The molecule has 0 heterocycles. The number of benzene rings is 2. The average molecular weight is 358 g/mol. The van der Waals surface area contributed by atoms with Gasteiger partial charge in [0, 0.05) is 12.1 Å². The van der Waals surface area contributed by atoms with E-state index in [1.807, 2.05) is 5.43 Å². The third-order valence-electron chi connectivity index (χ3n) is 3.07. The van der Waals surface area contributed by atoms with Crippen molar-refractivity contribution in [1.82, 2.24) is 5.43 Å². The lowest BCUT2D eigenvalue weighted by molar-refractivity contribution is -0.384. The first-order valence-corrected chi connectivity index (χ1v) is 7.14. The zero-order valence-electron chi connectivity index (χ0n) is 13.5. The number of primary amides is 1. The van der Waals surface area contributed by atoms with Crippen molar-refractivity contribution in [3.8, 4) is 11.5 Å². The van der Waals surface area contributed by atoms with Gasteiger partial charge in [-0.3, -0.25) is 10.1 Å². The molecule has 2 rings (SSSR count). The van der Waals surface area contributed by atoms with Crippen LogP contribution >= 0.6 is 0 Å². The second-order valence-corrected chi connectivity index (χ2v) is 4.84. The molecule has 0 aliphatic carbocycles. The highest BCUT2D eigenvalue weighted by atomic mass is 16.6. The molecule has 0 aliphatic heterocycles. The number of nitrogens with zero attached hydrogens (tertiary/aromatic N) is 2. The number of esters is 1. The highest BCUT2D eigenvalue weighted by Crippen LogP contribution is 2.28. The molecule has 0 saturated heterocycles. The van der Waals surface area contributed by atoms with E-state index < -0.39 is 16.9 Å². The highest BCUT2D eigenvalue weighted by Gasteiger charge is 2.15. The van der Waals surface area contributed by atoms with Crippen molar-refractivity contribution < 1.29 is 24.0 Å². The van der Waals surface area contributed by atoms with Gasteiger partial charge in [-0.1, -0.05) is 6.07 Å². The number of hydrazone groups is 1. The maximum Gasteiger partial charge on any atom is 0.343 e. The topological polar surface area (TPSA) is 146 Å². The van der Waals surface area contributed by atoms with Crippen molar-refractivity contribution in [1.29, 1.82) is 0 Å². The number of urea groups is 1. The summed E-state index contributed by atoms with van der Waals surface area (Å²) in [4.78, 5) is 32.9. The molecule has 134 valence electrons. The third kappa shape index (κ3) is 4.77. The Morgan fingerprint density at radius 1 is 1.23 bits per heavy atom. The van der Waals surface area contributed by atoms with Crippen LogP contribution in [0.25, 0.3) is 0 Å². The predicted octanol–water partition coefficient (Wildman–Crippen LogP) is 1.82. The summed E-state index contributed by atoms with van der Waals surface area (Å²) < 4.78 is 10.4. The molecule has 0 atom stereocenters. The lowest BCUT2D eigenvalue weighted by Crippen LogP contribution is -2.24. The Morgan fingerprint density at radius 3 is 2.65 bits per heavy atom. The summed E-state index contributed by atoms with van der Waals surface area (Å²) in [7, 11) is 1.38. The van der Waals surface area contributed by atoms with Crippen molar-refractivity contribution in [2.45, 2.75) is 0 Å². The van der Waals surface area contributed by atoms with Gasteiger partial charge in [0.15, 0.2) is 11.5 Å². The van der Waals surface area contributed by atoms with E-state index in [0.29, 0.717) is 5.56 Å². The number of nitrogens with one attached hydrogen (secondary N) is 1. The van der Waals surface area contributed by atoms with Gasteiger partial charge in [-0.25, -0.2) is 15.0 Å². The van der Waals surface area contributed by atoms with Crippen molar-refractivity contribution >= 4 is 23.9 Å². The van der Waals surface area contributed by atoms with Gasteiger partial charge in [0.1, 0.15) is 0 Å². The zero-order valence-corrected chi connectivity index (χ0v) is 13.5. The van der Waals surface area contributed by atoms with E-state index >= 15 is 0 Å². The predicted molar refractivity (Wildman–Crippen MR) is 91.4 cm³/mol. The maximum absolute atomic E-state index is 12.2. The number of carbonyl (C=O) groups excluding carboxylic acids is 2. The monoisotopic (exact) mass is 358 g/mol. The Hall–Kier alpha value is -3.95. The van der Waals surface area contributed by atoms with E-state index in [1.165, 1.54) is 43.7 Å². The number of rotatable bonds is 6. The SMILES string of the molecule is COc1cc(C=NNC(N)=O)ccc1OC(=O)c1cccc([N+](=O)[O-])c1. The fourth-order valence-corrected chi connectivity index (χ4v) is 1.92. The van der Waals surface area contributed by atoms with Gasteiger partial charge < -0.3 is 15.2 Å². The number of non-ortho nitro benzene ring substituents is 1. The third-order valence-corrected chi connectivity index (χ3v) is 3.07. The number of hydrogen-bond donors (Lipinski definition) is 2. The molecule has 0 spiro atoms. The zero-order chi connectivity index (χ0) is 19.1. The Morgan fingerprint density at radius 2 is 2.00 bits per heavy atom. The van der Waals surface area contributed by atoms with Crippen LogP contribution in [-0.2, 0) is 0 Å². The lowest BCUT2D eigenvalue weighted by atomic mass is 10.2.